The fraction of sp³-hybridized carbons (Fsp3) is 0.455. The van der Waals surface area contributed by atoms with Gasteiger partial charge in [-0.3, -0.25) is 0 Å². The summed E-state index contributed by atoms with van der Waals surface area (Å²) < 4.78 is 27.9. The molecule has 1 unspecified atom stereocenters. The lowest BCUT2D eigenvalue weighted by molar-refractivity contribution is 0.0855. The largest absolute Gasteiger partial charge is 0.396 e. The highest BCUT2D eigenvalue weighted by atomic mass is 32.2. The minimum Gasteiger partial charge on any atom is -0.396 e. The molecule has 6 nitrogen and oxygen atoms in total. The topological polar surface area (TPSA) is 107 Å². The van der Waals surface area contributed by atoms with E-state index in [9.17, 15) is 8.42 Å². The Hall–Kier alpha value is -1.31. The zero-order chi connectivity index (χ0) is 13.8. The molecule has 0 aliphatic carbocycles. The molecule has 1 atom stereocenters. The van der Waals surface area contributed by atoms with Gasteiger partial charge in [0.15, 0.2) is 0 Å². The summed E-state index contributed by atoms with van der Waals surface area (Å²) in [4.78, 5) is -0.0726. The van der Waals surface area contributed by atoms with Gasteiger partial charge in [-0.05, 0) is 26.0 Å². The number of hydrogen-bond donors (Lipinski definition) is 3. The summed E-state index contributed by atoms with van der Waals surface area (Å²) in [6.45, 7) is 4.98. The minimum atomic E-state index is -3.80. The average Bonchev–Trinajstić information content (AvgIpc) is 2.26. The average molecular weight is 273 g/mol. The van der Waals surface area contributed by atoms with Crippen LogP contribution in [-0.2, 0) is 14.8 Å². The highest BCUT2D eigenvalue weighted by Gasteiger charge is 2.14. The molecule has 102 valence electrons. The third-order valence-electron chi connectivity index (χ3n) is 2.40. The van der Waals surface area contributed by atoms with Crippen LogP contribution >= 0.6 is 0 Å². The van der Waals surface area contributed by atoms with Gasteiger partial charge in [-0.1, -0.05) is 6.07 Å². The Morgan fingerprint density at radius 2 is 2.11 bits per heavy atom. The molecule has 18 heavy (non-hydrogen) atoms. The molecule has 1 aromatic carbocycles. The second-order valence-electron chi connectivity index (χ2n) is 3.91. The maximum atomic E-state index is 11.3. The van der Waals surface area contributed by atoms with Crippen LogP contribution < -0.4 is 16.2 Å². The standard InChI is InChI=1S/C11H19N3O3S/c1-3-17-8(2)7-14-9-5-4-6-10(11(9)12)18(13,15)16/h4-6,8,14H,3,7,12H2,1-2H3,(H2,13,15,16). The van der Waals surface area contributed by atoms with Gasteiger partial charge in [-0.15, -0.1) is 0 Å². The van der Waals surface area contributed by atoms with Gasteiger partial charge in [0.2, 0.25) is 10.0 Å². The number of nitrogen functional groups attached to an aromatic ring is 1. The second kappa shape index (κ2) is 6.03. The van der Waals surface area contributed by atoms with Crippen LogP contribution in [0.1, 0.15) is 13.8 Å². The van der Waals surface area contributed by atoms with Crippen LogP contribution in [0.25, 0.3) is 0 Å². The van der Waals surface area contributed by atoms with Crippen LogP contribution in [0.15, 0.2) is 23.1 Å². The molecule has 0 aromatic heterocycles. The van der Waals surface area contributed by atoms with Crippen molar-refractivity contribution in [2.24, 2.45) is 5.14 Å². The van der Waals surface area contributed by atoms with E-state index in [-0.39, 0.29) is 16.7 Å². The Bertz CT molecular complexity index is 502. The van der Waals surface area contributed by atoms with Crippen molar-refractivity contribution in [3.05, 3.63) is 18.2 Å². The Balaban J connectivity index is 2.85. The molecule has 0 saturated heterocycles. The highest BCUT2D eigenvalue weighted by Crippen LogP contribution is 2.25. The number of primary sulfonamides is 1. The van der Waals surface area contributed by atoms with E-state index in [4.69, 9.17) is 15.6 Å². The molecule has 0 aliphatic rings. The maximum absolute atomic E-state index is 11.3. The summed E-state index contributed by atoms with van der Waals surface area (Å²) in [5, 5.41) is 8.11. The second-order valence-corrected chi connectivity index (χ2v) is 5.44. The molecule has 0 radical (unpaired) electrons. The number of nitrogens with one attached hydrogen (secondary N) is 1. The molecule has 0 spiro atoms. The van der Waals surface area contributed by atoms with Crippen LogP contribution in [0, 0.1) is 0 Å². The fourth-order valence-corrected chi connectivity index (χ4v) is 2.23. The van der Waals surface area contributed by atoms with Gasteiger partial charge in [0.25, 0.3) is 0 Å². The van der Waals surface area contributed by atoms with Crippen LogP contribution in [0.3, 0.4) is 0 Å². The Kier molecular flexibility index (Phi) is 4.94. The van der Waals surface area contributed by atoms with E-state index in [1.807, 2.05) is 13.8 Å². The molecule has 0 fully saturated rings. The van der Waals surface area contributed by atoms with Crippen molar-refractivity contribution in [3.8, 4) is 0 Å². The van der Waals surface area contributed by atoms with Gasteiger partial charge in [0.1, 0.15) is 4.90 Å². The molecule has 7 heteroatoms. The van der Waals surface area contributed by atoms with Crippen LogP contribution in [0.5, 0.6) is 0 Å². The minimum absolute atomic E-state index is 0.00698. The summed E-state index contributed by atoms with van der Waals surface area (Å²) >= 11 is 0. The third kappa shape index (κ3) is 3.86. The van der Waals surface area contributed by atoms with Gasteiger partial charge in [-0.2, -0.15) is 0 Å². The van der Waals surface area contributed by atoms with Crippen molar-refractivity contribution >= 4 is 21.4 Å². The smallest absolute Gasteiger partial charge is 0.240 e. The molecule has 1 aromatic rings. The highest BCUT2D eigenvalue weighted by molar-refractivity contribution is 7.89. The van der Waals surface area contributed by atoms with E-state index in [1.54, 1.807) is 12.1 Å². The van der Waals surface area contributed by atoms with E-state index in [2.05, 4.69) is 5.32 Å². The molecule has 0 aliphatic heterocycles. The molecular formula is C11H19N3O3S. The third-order valence-corrected chi connectivity index (χ3v) is 3.37. The van der Waals surface area contributed by atoms with Crippen molar-refractivity contribution in [1.82, 2.24) is 0 Å². The predicted octanol–water partition coefficient (Wildman–Crippen LogP) is 0.753. The van der Waals surface area contributed by atoms with Crippen LogP contribution in [-0.4, -0.2) is 27.7 Å². The number of benzene rings is 1. The van der Waals surface area contributed by atoms with E-state index in [0.717, 1.165) is 0 Å². The molecular weight excluding hydrogens is 254 g/mol. The van der Waals surface area contributed by atoms with Crippen molar-refractivity contribution in [1.29, 1.82) is 0 Å². The van der Waals surface area contributed by atoms with E-state index in [1.165, 1.54) is 6.07 Å². The summed E-state index contributed by atoms with van der Waals surface area (Å²) in [7, 11) is -3.80. The van der Waals surface area contributed by atoms with Crippen molar-refractivity contribution in [2.75, 3.05) is 24.2 Å². The monoisotopic (exact) mass is 273 g/mol. The Morgan fingerprint density at radius 3 is 2.67 bits per heavy atom. The lowest BCUT2D eigenvalue weighted by Gasteiger charge is -2.16. The van der Waals surface area contributed by atoms with Crippen LogP contribution in [0.2, 0.25) is 0 Å². The first-order valence-electron chi connectivity index (χ1n) is 5.63. The summed E-state index contributed by atoms with van der Waals surface area (Å²) in [6.07, 6.45) is 0.00698. The number of nitrogens with two attached hydrogens (primary N) is 2. The Morgan fingerprint density at radius 1 is 1.44 bits per heavy atom. The number of para-hydroxylation sites is 1. The first kappa shape index (κ1) is 14.7. The number of anilines is 2. The number of rotatable bonds is 6. The summed E-state index contributed by atoms with van der Waals surface area (Å²) in [5.74, 6) is 0. The summed E-state index contributed by atoms with van der Waals surface area (Å²) in [5.41, 5.74) is 6.43. The summed E-state index contributed by atoms with van der Waals surface area (Å²) in [6, 6.07) is 4.66. The SMILES string of the molecule is CCOC(C)CNc1cccc(S(N)(=O)=O)c1N. The first-order chi connectivity index (χ1) is 8.36. The van der Waals surface area contributed by atoms with Gasteiger partial charge in [-0.25, -0.2) is 13.6 Å². The van der Waals surface area contributed by atoms with E-state index in [0.29, 0.717) is 18.8 Å². The molecule has 0 heterocycles. The lowest BCUT2D eigenvalue weighted by Crippen LogP contribution is -2.21. The van der Waals surface area contributed by atoms with E-state index >= 15 is 0 Å². The maximum Gasteiger partial charge on any atom is 0.240 e. The van der Waals surface area contributed by atoms with Gasteiger partial charge < -0.3 is 15.8 Å². The fourth-order valence-electron chi connectivity index (χ4n) is 1.54. The molecule has 5 N–H and O–H groups in total. The van der Waals surface area contributed by atoms with Crippen LogP contribution in [0.4, 0.5) is 11.4 Å². The molecule has 0 bridgehead atoms. The zero-order valence-corrected chi connectivity index (χ0v) is 11.3. The normalized spacial score (nSPS) is 13.3. The van der Waals surface area contributed by atoms with Gasteiger partial charge >= 0.3 is 0 Å². The Labute approximate surface area is 107 Å². The molecule has 0 saturated carbocycles. The van der Waals surface area contributed by atoms with Gasteiger partial charge in [0, 0.05) is 13.2 Å². The van der Waals surface area contributed by atoms with Crippen molar-refractivity contribution in [2.45, 2.75) is 24.8 Å². The number of hydrogen-bond acceptors (Lipinski definition) is 5. The first-order valence-corrected chi connectivity index (χ1v) is 7.17. The van der Waals surface area contributed by atoms with Crippen molar-refractivity contribution < 1.29 is 13.2 Å². The number of ether oxygens (including phenoxy) is 1. The lowest BCUT2D eigenvalue weighted by atomic mass is 10.2. The molecule has 1 rings (SSSR count). The zero-order valence-electron chi connectivity index (χ0n) is 10.5. The van der Waals surface area contributed by atoms with E-state index < -0.39 is 10.0 Å². The predicted molar refractivity (Wildman–Crippen MR) is 71.8 cm³/mol. The molecule has 0 amide bonds. The number of sulfonamides is 1. The van der Waals surface area contributed by atoms with Gasteiger partial charge in [0.05, 0.1) is 17.5 Å². The quantitative estimate of drug-likeness (QED) is 0.663. The van der Waals surface area contributed by atoms with Crippen molar-refractivity contribution in [3.63, 3.8) is 0 Å².